The molecule has 1 fully saturated rings. The Morgan fingerprint density at radius 3 is 2.63 bits per heavy atom. The first kappa shape index (κ1) is 13.4. The Kier molecular flexibility index (Phi) is 4.35. The Morgan fingerprint density at radius 1 is 1.32 bits per heavy atom. The molecular formula is C13H18N4O2. The fourth-order valence-electron chi connectivity index (χ4n) is 2.03. The Morgan fingerprint density at radius 2 is 2.05 bits per heavy atom. The molecule has 1 aromatic rings. The minimum absolute atomic E-state index is 0.000473. The van der Waals surface area contributed by atoms with E-state index >= 15 is 0 Å². The van der Waals surface area contributed by atoms with Crippen molar-refractivity contribution in [1.82, 2.24) is 10.6 Å². The average Bonchev–Trinajstić information content (AvgIpc) is 2.92. The number of amides is 3. The molecule has 0 aliphatic carbocycles. The highest BCUT2D eigenvalue weighted by atomic mass is 16.2. The van der Waals surface area contributed by atoms with Crippen LogP contribution in [0.5, 0.6) is 0 Å². The van der Waals surface area contributed by atoms with Gasteiger partial charge in [0, 0.05) is 12.2 Å². The van der Waals surface area contributed by atoms with Crippen molar-refractivity contribution in [3.63, 3.8) is 0 Å². The number of carbonyl (C=O) groups is 2. The molecule has 0 radical (unpaired) electrons. The van der Waals surface area contributed by atoms with Gasteiger partial charge in [0.1, 0.15) is 0 Å². The van der Waals surface area contributed by atoms with E-state index in [1.807, 2.05) is 24.3 Å². The number of nitrogens with one attached hydrogen (secondary N) is 3. The standard InChI is InChI=1S/C13H18N4O2/c14-13(19)16-8-9-3-5-10(6-4-9)17-12(18)11-2-1-7-15-11/h3-6,11,15H,1-2,7-8H2,(H,17,18)(H3,14,16,19). The van der Waals surface area contributed by atoms with Crippen molar-refractivity contribution < 1.29 is 9.59 Å². The predicted molar refractivity (Wildman–Crippen MR) is 72.5 cm³/mol. The molecule has 19 heavy (non-hydrogen) atoms. The lowest BCUT2D eigenvalue weighted by atomic mass is 10.2. The van der Waals surface area contributed by atoms with E-state index in [0.29, 0.717) is 6.54 Å². The number of anilines is 1. The van der Waals surface area contributed by atoms with Crippen LogP contribution in [0.1, 0.15) is 18.4 Å². The second kappa shape index (κ2) is 6.19. The predicted octanol–water partition coefficient (Wildman–Crippen LogP) is 0.545. The number of primary amides is 1. The van der Waals surface area contributed by atoms with Crippen molar-refractivity contribution >= 4 is 17.6 Å². The van der Waals surface area contributed by atoms with Crippen LogP contribution in [0.3, 0.4) is 0 Å². The number of rotatable bonds is 4. The number of hydrogen-bond acceptors (Lipinski definition) is 3. The number of nitrogens with two attached hydrogens (primary N) is 1. The fourth-order valence-corrected chi connectivity index (χ4v) is 2.03. The Labute approximate surface area is 111 Å². The lowest BCUT2D eigenvalue weighted by Gasteiger charge is -2.11. The third kappa shape index (κ3) is 3.96. The molecule has 1 aromatic carbocycles. The van der Waals surface area contributed by atoms with Crippen molar-refractivity contribution in [3.8, 4) is 0 Å². The largest absolute Gasteiger partial charge is 0.352 e. The molecule has 1 atom stereocenters. The molecule has 0 bridgehead atoms. The van der Waals surface area contributed by atoms with E-state index in [9.17, 15) is 9.59 Å². The van der Waals surface area contributed by atoms with E-state index in [4.69, 9.17) is 5.73 Å². The monoisotopic (exact) mass is 262 g/mol. The third-order valence-corrected chi connectivity index (χ3v) is 3.07. The number of hydrogen-bond donors (Lipinski definition) is 4. The topological polar surface area (TPSA) is 96.2 Å². The van der Waals surface area contributed by atoms with Crippen LogP contribution in [0.25, 0.3) is 0 Å². The second-order valence-electron chi connectivity index (χ2n) is 4.55. The molecule has 0 aromatic heterocycles. The van der Waals surface area contributed by atoms with Crippen molar-refractivity contribution in [2.75, 3.05) is 11.9 Å². The minimum atomic E-state index is -0.551. The Hall–Kier alpha value is -2.08. The second-order valence-corrected chi connectivity index (χ2v) is 4.55. The van der Waals surface area contributed by atoms with Crippen LogP contribution < -0.4 is 21.7 Å². The first-order valence-electron chi connectivity index (χ1n) is 6.31. The van der Waals surface area contributed by atoms with Crippen molar-refractivity contribution in [2.45, 2.75) is 25.4 Å². The summed E-state index contributed by atoms with van der Waals surface area (Å²) < 4.78 is 0. The molecule has 5 N–H and O–H groups in total. The number of benzene rings is 1. The van der Waals surface area contributed by atoms with Crippen LogP contribution in [0.4, 0.5) is 10.5 Å². The lowest BCUT2D eigenvalue weighted by Crippen LogP contribution is -2.35. The zero-order valence-electron chi connectivity index (χ0n) is 10.6. The van der Waals surface area contributed by atoms with Crippen LogP contribution in [0.2, 0.25) is 0 Å². The van der Waals surface area contributed by atoms with Gasteiger partial charge in [-0.2, -0.15) is 0 Å². The number of urea groups is 1. The molecule has 102 valence electrons. The smallest absolute Gasteiger partial charge is 0.312 e. The maximum absolute atomic E-state index is 11.9. The molecule has 1 unspecified atom stereocenters. The van der Waals surface area contributed by atoms with Crippen LogP contribution in [0.15, 0.2) is 24.3 Å². The van der Waals surface area contributed by atoms with E-state index < -0.39 is 6.03 Å². The summed E-state index contributed by atoms with van der Waals surface area (Å²) >= 11 is 0. The molecule has 1 saturated heterocycles. The highest BCUT2D eigenvalue weighted by Gasteiger charge is 2.21. The molecule has 1 heterocycles. The molecule has 6 heteroatoms. The van der Waals surface area contributed by atoms with Crippen molar-refractivity contribution in [2.24, 2.45) is 5.73 Å². The van der Waals surface area contributed by atoms with E-state index in [2.05, 4.69) is 16.0 Å². The van der Waals surface area contributed by atoms with Crippen LogP contribution >= 0.6 is 0 Å². The molecule has 1 aliphatic rings. The molecule has 6 nitrogen and oxygen atoms in total. The van der Waals surface area contributed by atoms with Crippen molar-refractivity contribution in [1.29, 1.82) is 0 Å². The Bertz CT molecular complexity index is 452. The summed E-state index contributed by atoms with van der Waals surface area (Å²) in [5, 5.41) is 8.52. The van der Waals surface area contributed by atoms with Gasteiger partial charge in [0.25, 0.3) is 0 Å². The molecule has 1 aliphatic heterocycles. The quantitative estimate of drug-likeness (QED) is 0.638. The molecule has 2 rings (SSSR count). The van der Waals surface area contributed by atoms with E-state index in [-0.39, 0.29) is 11.9 Å². The summed E-state index contributed by atoms with van der Waals surface area (Å²) in [6, 6.07) is 6.66. The minimum Gasteiger partial charge on any atom is -0.352 e. The zero-order chi connectivity index (χ0) is 13.7. The van der Waals surface area contributed by atoms with Gasteiger partial charge < -0.3 is 21.7 Å². The normalized spacial score (nSPS) is 18.0. The van der Waals surface area contributed by atoms with Crippen LogP contribution in [-0.4, -0.2) is 24.5 Å². The Balaban J connectivity index is 1.87. The van der Waals surface area contributed by atoms with Gasteiger partial charge in [0.2, 0.25) is 5.91 Å². The van der Waals surface area contributed by atoms with Crippen LogP contribution in [0, 0.1) is 0 Å². The van der Waals surface area contributed by atoms with Gasteiger partial charge in [-0.25, -0.2) is 4.79 Å². The molecular weight excluding hydrogens is 244 g/mol. The maximum atomic E-state index is 11.9. The van der Waals surface area contributed by atoms with E-state index in [1.54, 1.807) is 0 Å². The first-order chi connectivity index (χ1) is 9.15. The zero-order valence-corrected chi connectivity index (χ0v) is 10.6. The van der Waals surface area contributed by atoms with Gasteiger partial charge in [-0.3, -0.25) is 4.79 Å². The number of carbonyl (C=O) groups excluding carboxylic acids is 2. The highest BCUT2D eigenvalue weighted by Crippen LogP contribution is 2.12. The SMILES string of the molecule is NC(=O)NCc1ccc(NC(=O)C2CCCN2)cc1. The summed E-state index contributed by atoms with van der Waals surface area (Å²) in [7, 11) is 0. The summed E-state index contributed by atoms with van der Waals surface area (Å²) in [6.07, 6.45) is 1.92. The lowest BCUT2D eigenvalue weighted by molar-refractivity contribution is -0.117. The fraction of sp³-hybridized carbons (Fsp3) is 0.385. The van der Waals surface area contributed by atoms with Crippen molar-refractivity contribution in [3.05, 3.63) is 29.8 Å². The molecule has 0 spiro atoms. The molecule has 3 amide bonds. The van der Waals surface area contributed by atoms with Gasteiger partial charge >= 0.3 is 6.03 Å². The first-order valence-corrected chi connectivity index (χ1v) is 6.31. The van der Waals surface area contributed by atoms with Crippen LogP contribution in [-0.2, 0) is 11.3 Å². The van der Waals surface area contributed by atoms with E-state index in [0.717, 1.165) is 30.6 Å². The average molecular weight is 262 g/mol. The van der Waals surface area contributed by atoms with Gasteiger partial charge in [-0.1, -0.05) is 12.1 Å². The highest BCUT2D eigenvalue weighted by molar-refractivity contribution is 5.95. The summed E-state index contributed by atoms with van der Waals surface area (Å²) in [6.45, 7) is 1.28. The maximum Gasteiger partial charge on any atom is 0.312 e. The summed E-state index contributed by atoms with van der Waals surface area (Å²) in [4.78, 5) is 22.4. The summed E-state index contributed by atoms with van der Waals surface area (Å²) in [5.74, 6) is 0.000473. The van der Waals surface area contributed by atoms with Gasteiger partial charge in [-0.05, 0) is 37.1 Å². The van der Waals surface area contributed by atoms with Gasteiger partial charge in [-0.15, -0.1) is 0 Å². The third-order valence-electron chi connectivity index (χ3n) is 3.07. The van der Waals surface area contributed by atoms with Gasteiger partial charge in [0.05, 0.1) is 6.04 Å². The summed E-state index contributed by atoms with van der Waals surface area (Å²) in [5.41, 5.74) is 6.67. The van der Waals surface area contributed by atoms with Gasteiger partial charge in [0.15, 0.2) is 0 Å². The van der Waals surface area contributed by atoms with E-state index in [1.165, 1.54) is 0 Å². The molecule has 0 saturated carbocycles.